The van der Waals surface area contributed by atoms with Gasteiger partial charge in [0.1, 0.15) is 11.3 Å². The van der Waals surface area contributed by atoms with E-state index in [4.69, 9.17) is 13.9 Å². The van der Waals surface area contributed by atoms with E-state index in [0.717, 1.165) is 5.39 Å². The summed E-state index contributed by atoms with van der Waals surface area (Å²) in [7, 11) is 0. The van der Waals surface area contributed by atoms with E-state index < -0.39 is 17.7 Å². The zero-order chi connectivity index (χ0) is 13.8. The van der Waals surface area contributed by atoms with E-state index >= 15 is 0 Å². The van der Waals surface area contributed by atoms with Crippen LogP contribution in [0.4, 0.5) is 0 Å². The molecule has 0 bridgehead atoms. The third-order valence-electron chi connectivity index (χ3n) is 2.53. The van der Waals surface area contributed by atoms with E-state index in [2.05, 4.69) is 0 Å². The zero-order valence-electron chi connectivity index (χ0n) is 10.7. The van der Waals surface area contributed by atoms with Crippen LogP contribution in [0.2, 0.25) is 0 Å². The van der Waals surface area contributed by atoms with Crippen LogP contribution in [0.15, 0.2) is 39.5 Å². The van der Waals surface area contributed by atoms with Gasteiger partial charge in [0.15, 0.2) is 6.10 Å². The Labute approximate surface area is 109 Å². The van der Waals surface area contributed by atoms with Crippen molar-refractivity contribution in [1.29, 1.82) is 0 Å². The van der Waals surface area contributed by atoms with Crippen molar-refractivity contribution < 1.29 is 18.7 Å². The highest BCUT2D eigenvalue weighted by Gasteiger charge is 2.15. The minimum Gasteiger partial charge on any atom is -0.479 e. The molecule has 2 rings (SSSR count). The Morgan fingerprint density at radius 1 is 1.32 bits per heavy atom. The number of fused-ring (bicyclic) bond motifs is 1. The normalized spacial score (nSPS) is 12.1. The molecule has 2 aromatic rings. The molecule has 0 N–H and O–H groups in total. The lowest BCUT2D eigenvalue weighted by atomic mass is 10.2. The summed E-state index contributed by atoms with van der Waals surface area (Å²) in [5, 5.41) is 0.788. The lowest BCUT2D eigenvalue weighted by Crippen LogP contribution is -2.26. The molecule has 1 aromatic heterocycles. The molecule has 19 heavy (non-hydrogen) atoms. The third-order valence-corrected chi connectivity index (χ3v) is 2.53. The van der Waals surface area contributed by atoms with Crippen molar-refractivity contribution in [2.24, 2.45) is 0 Å². The molecule has 0 fully saturated rings. The monoisotopic (exact) mass is 262 g/mol. The maximum atomic E-state index is 11.4. The van der Waals surface area contributed by atoms with Crippen molar-refractivity contribution in [1.82, 2.24) is 0 Å². The highest BCUT2D eigenvalue weighted by molar-refractivity contribution is 5.78. The Morgan fingerprint density at radius 3 is 2.79 bits per heavy atom. The second kappa shape index (κ2) is 5.56. The second-order valence-corrected chi connectivity index (χ2v) is 3.97. The highest BCUT2D eigenvalue weighted by atomic mass is 16.6. The first-order valence-electron chi connectivity index (χ1n) is 5.97. The first kappa shape index (κ1) is 13.1. The van der Waals surface area contributed by atoms with Crippen LogP contribution in [-0.2, 0) is 9.53 Å². The van der Waals surface area contributed by atoms with Crippen molar-refractivity contribution in [3.63, 3.8) is 0 Å². The molecule has 5 heteroatoms. The number of rotatable bonds is 4. The number of benzene rings is 1. The average molecular weight is 262 g/mol. The molecular formula is C14H14O5. The molecule has 0 aliphatic heterocycles. The topological polar surface area (TPSA) is 65.7 Å². The van der Waals surface area contributed by atoms with E-state index in [9.17, 15) is 9.59 Å². The van der Waals surface area contributed by atoms with Gasteiger partial charge in [0.05, 0.1) is 6.61 Å². The Kier molecular flexibility index (Phi) is 3.85. The molecule has 1 atom stereocenters. The molecule has 5 nitrogen and oxygen atoms in total. The predicted octanol–water partition coefficient (Wildman–Crippen LogP) is 2.12. The summed E-state index contributed by atoms with van der Waals surface area (Å²) >= 11 is 0. The first-order valence-corrected chi connectivity index (χ1v) is 5.97. The Hall–Kier alpha value is -2.30. The van der Waals surface area contributed by atoms with Crippen LogP contribution >= 0.6 is 0 Å². The SMILES string of the molecule is CCOC(=O)C(C)Oc1ccc2ccc(=O)oc2c1. The van der Waals surface area contributed by atoms with Gasteiger partial charge >= 0.3 is 11.6 Å². The molecule has 0 spiro atoms. The van der Waals surface area contributed by atoms with Gasteiger partial charge in [-0.05, 0) is 32.0 Å². The first-order chi connectivity index (χ1) is 9.10. The van der Waals surface area contributed by atoms with Gasteiger partial charge in [0, 0.05) is 17.5 Å². The summed E-state index contributed by atoms with van der Waals surface area (Å²) in [5.74, 6) is 0.0134. The highest BCUT2D eigenvalue weighted by Crippen LogP contribution is 2.20. The molecule has 100 valence electrons. The second-order valence-electron chi connectivity index (χ2n) is 3.97. The van der Waals surface area contributed by atoms with Gasteiger partial charge in [-0.1, -0.05) is 0 Å². The molecule has 0 aliphatic carbocycles. The summed E-state index contributed by atoms with van der Waals surface area (Å²) < 4.78 is 15.3. The van der Waals surface area contributed by atoms with Crippen LogP contribution in [0.5, 0.6) is 5.75 Å². The van der Waals surface area contributed by atoms with Crippen molar-refractivity contribution >= 4 is 16.9 Å². The third kappa shape index (κ3) is 3.13. The molecular weight excluding hydrogens is 248 g/mol. The summed E-state index contributed by atoms with van der Waals surface area (Å²) in [4.78, 5) is 22.6. The lowest BCUT2D eigenvalue weighted by Gasteiger charge is -2.13. The fourth-order valence-electron chi connectivity index (χ4n) is 1.63. The molecule has 0 amide bonds. The number of hydrogen-bond donors (Lipinski definition) is 0. The Balaban J connectivity index is 2.21. The Bertz CT molecular complexity index is 644. The maximum Gasteiger partial charge on any atom is 0.347 e. The predicted molar refractivity (Wildman–Crippen MR) is 69.2 cm³/mol. The molecule has 0 aliphatic rings. The van der Waals surface area contributed by atoms with Gasteiger partial charge in [-0.15, -0.1) is 0 Å². The summed E-state index contributed by atoms with van der Waals surface area (Å²) in [6, 6.07) is 8.06. The fourth-order valence-corrected chi connectivity index (χ4v) is 1.63. The largest absolute Gasteiger partial charge is 0.479 e. The number of ether oxygens (including phenoxy) is 2. The van der Waals surface area contributed by atoms with Gasteiger partial charge in [0.25, 0.3) is 0 Å². The van der Waals surface area contributed by atoms with E-state index in [1.54, 1.807) is 38.1 Å². The summed E-state index contributed by atoms with van der Waals surface area (Å²) in [6.45, 7) is 3.64. The molecule has 1 aromatic carbocycles. The van der Waals surface area contributed by atoms with Crippen molar-refractivity contribution in [3.05, 3.63) is 40.8 Å². The van der Waals surface area contributed by atoms with E-state index in [1.165, 1.54) is 6.07 Å². The lowest BCUT2D eigenvalue weighted by molar-refractivity contribution is -0.150. The summed E-state index contributed by atoms with van der Waals surface area (Å²) in [6.07, 6.45) is -0.715. The smallest absolute Gasteiger partial charge is 0.347 e. The van der Waals surface area contributed by atoms with Crippen LogP contribution in [0, 0.1) is 0 Å². The van der Waals surface area contributed by atoms with Gasteiger partial charge in [-0.3, -0.25) is 0 Å². The molecule has 0 radical (unpaired) electrons. The van der Waals surface area contributed by atoms with Crippen LogP contribution in [-0.4, -0.2) is 18.7 Å². The van der Waals surface area contributed by atoms with Gasteiger partial charge < -0.3 is 13.9 Å². The van der Waals surface area contributed by atoms with Crippen LogP contribution in [0.3, 0.4) is 0 Å². The standard InChI is InChI=1S/C14H14O5/c1-3-17-14(16)9(2)18-11-6-4-10-5-7-13(15)19-12(10)8-11/h4-9H,3H2,1-2H3. The van der Waals surface area contributed by atoms with E-state index in [1.807, 2.05) is 0 Å². The number of hydrogen-bond acceptors (Lipinski definition) is 5. The minimum absolute atomic E-state index is 0.305. The van der Waals surface area contributed by atoms with Gasteiger partial charge in [-0.2, -0.15) is 0 Å². The van der Waals surface area contributed by atoms with Crippen molar-refractivity contribution in [3.8, 4) is 5.75 Å². The maximum absolute atomic E-state index is 11.4. The number of esters is 1. The fraction of sp³-hybridized carbons (Fsp3) is 0.286. The molecule has 0 saturated heterocycles. The van der Waals surface area contributed by atoms with Gasteiger partial charge in [-0.25, -0.2) is 9.59 Å². The van der Waals surface area contributed by atoms with Crippen molar-refractivity contribution in [2.75, 3.05) is 6.61 Å². The zero-order valence-corrected chi connectivity index (χ0v) is 10.7. The van der Waals surface area contributed by atoms with E-state index in [-0.39, 0.29) is 0 Å². The van der Waals surface area contributed by atoms with Gasteiger partial charge in [0.2, 0.25) is 0 Å². The molecule has 0 saturated carbocycles. The Morgan fingerprint density at radius 2 is 2.05 bits per heavy atom. The minimum atomic E-state index is -0.715. The number of carbonyl (C=O) groups is 1. The number of carbonyl (C=O) groups excluding carboxylic acids is 1. The van der Waals surface area contributed by atoms with Crippen LogP contribution in [0.1, 0.15) is 13.8 Å². The average Bonchev–Trinajstić information content (AvgIpc) is 2.38. The van der Waals surface area contributed by atoms with Crippen LogP contribution < -0.4 is 10.4 Å². The van der Waals surface area contributed by atoms with E-state index in [0.29, 0.717) is 17.9 Å². The molecule has 1 unspecified atom stereocenters. The molecule has 1 heterocycles. The van der Waals surface area contributed by atoms with Crippen molar-refractivity contribution in [2.45, 2.75) is 20.0 Å². The van der Waals surface area contributed by atoms with Crippen LogP contribution in [0.25, 0.3) is 11.0 Å². The quantitative estimate of drug-likeness (QED) is 0.623. The summed E-state index contributed by atoms with van der Waals surface area (Å²) in [5.41, 5.74) is -0.0100.